The number of para-hydroxylation sites is 1. The minimum atomic E-state index is -3.76. The quantitative estimate of drug-likeness (QED) is 0.271. The normalized spacial score (nSPS) is 11.7. The van der Waals surface area contributed by atoms with Crippen molar-refractivity contribution in [3.63, 3.8) is 0 Å². The highest BCUT2D eigenvalue weighted by Crippen LogP contribution is 2.15. The fraction of sp³-hybridized carbons (Fsp3) is 0.250. The van der Waals surface area contributed by atoms with Crippen molar-refractivity contribution in [1.82, 2.24) is 10.1 Å². The molecule has 0 aliphatic carbocycles. The molecule has 0 aliphatic heterocycles. The Kier molecular flexibility index (Phi) is 8.64. The molecule has 0 atom stereocenters. The average molecular weight is 451 g/mol. The standard InChI is InChI=1S/C20H22FN3O6S/c1-14(23-24-19(25)13-30-18-6-3-2-5-17(18)21)15-8-10-16(11-9-15)31(28,29)22-12-4-7-20(26)27/h2-3,5-6,8-11,22H,4,7,12-13H2,1H3,(H,24,25)(H,26,27). The van der Waals surface area contributed by atoms with Crippen LogP contribution in [0.25, 0.3) is 0 Å². The van der Waals surface area contributed by atoms with E-state index < -0.39 is 34.3 Å². The Hall–Kier alpha value is -3.31. The highest BCUT2D eigenvalue weighted by atomic mass is 32.2. The van der Waals surface area contributed by atoms with E-state index in [4.69, 9.17) is 9.84 Å². The van der Waals surface area contributed by atoms with Gasteiger partial charge in [0.05, 0.1) is 10.6 Å². The van der Waals surface area contributed by atoms with Crippen LogP contribution in [0.3, 0.4) is 0 Å². The Balaban J connectivity index is 1.89. The number of rotatable bonds is 11. The molecule has 0 saturated heterocycles. The maximum atomic E-state index is 13.5. The molecule has 1 amide bonds. The molecule has 2 aromatic carbocycles. The molecule has 0 saturated carbocycles. The van der Waals surface area contributed by atoms with E-state index in [1.54, 1.807) is 13.0 Å². The first-order chi connectivity index (χ1) is 14.7. The molecule has 0 heterocycles. The fourth-order valence-electron chi connectivity index (χ4n) is 2.35. The van der Waals surface area contributed by atoms with Crippen LogP contribution in [0.5, 0.6) is 5.75 Å². The number of hydrogen-bond acceptors (Lipinski definition) is 6. The second-order valence-electron chi connectivity index (χ2n) is 6.37. The maximum Gasteiger partial charge on any atom is 0.303 e. The number of benzene rings is 2. The van der Waals surface area contributed by atoms with Crippen molar-refractivity contribution in [1.29, 1.82) is 0 Å². The summed E-state index contributed by atoms with van der Waals surface area (Å²) in [5, 5.41) is 12.5. The lowest BCUT2D eigenvalue weighted by Crippen LogP contribution is -2.26. The van der Waals surface area contributed by atoms with Gasteiger partial charge in [-0.25, -0.2) is 23.0 Å². The zero-order chi connectivity index (χ0) is 22.9. The molecule has 0 fully saturated rings. The number of amides is 1. The van der Waals surface area contributed by atoms with Gasteiger partial charge in [-0.3, -0.25) is 9.59 Å². The molecule has 2 rings (SSSR count). The number of nitrogens with zero attached hydrogens (tertiary/aromatic N) is 1. The van der Waals surface area contributed by atoms with E-state index >= 15 is 0 Å². The predicted molar refractivity (Wildman–Crippen MR) is 111 cm³/mol. The van der Waals surface area contributed by atoms with E-state index in [0.29, 0.717) is 11.3 Å². The lowest BCUT2D eigenvalue weighted by molar-refractivity contribution is -0.137. The summed E-state index contributed by atoms with van der Waals surface area (Å²) in [7, 11) is -3.76. The number of hydrazone groups is 1. The van der Waals surface area contributed by atoms with Crippen molar-refractivity contribution >= 4 is 27.6 Å². The summed E-state index contributed by atoms with van der Waals surface area (Å²) < 4.78 is 45.3. The first-order valence-corrected chi connectivity index (χ1v) is 10.7. The molecule has 3 N–H and O–H groups in total. The van der Waals surface area contributed by atoms with E-state index in [0.717, 1.165) is 0 Å². The van der Waals surface area contributed by atoms with Gasteiger partial charge < -0.3 is 9.84 Å². The Morgan fingerprint density at radius 3 is 2.45 bits per heavy atom. The Morgan fingerprint density at radius 2 is 1.81 bits per heavy atom. The van der Waals surface area contributed by atoms with Crippen molar-refractivity contribution < 1.29 is 32.2 Å². The third-order valence-electron chi connectivity index (χ3n) is 3.99. The van der Waals surface area contributed by atoms with Gasteiger partial charge in [-0.05, 0) is 43.2 Å². The van der Waals surface area contributed by atoms with Crippen LogP contribution in [0.2, 0.25) is 0 Å². The first-order valence-electron chi connectivity index (χ1n) is 9.21. The van der Waals surface area contributed by atoms with Crippen LogP contribution in [0, 0.1) is 5.82 Å². The summed E-state index contributed by atoms with van der Waals surface area (Å²) in [6, 6.07) is 11.5. The van der Waals surface area contributed by atoms with Gasteiger partial charge in [0.2, 0.25) is 10.0 Å². The average Bonchev–Trinajstić information content (AvgIpc) is 2.74. The summed E-state index contributed by atoms with van der Waals surface area (Å²) in [6.45, 7) is 1.20. The molecule has 0 spiro atoms. The molecule has 2 aromatic rings. The number of hydrogen-bond donors (Lipinski definition) is 3. The Morgan fingerprint density at radius 1 is 1.13 bits per heavy atom. The summed E-state index contributed by atoms with van der Waals surface area (Å²) in [5.74, 6) is -2.22. The summed E-state index contributed by atoms with van der Waals surface area (Å²) in [6.07, 6.45) is 0.0485. The molecule has 0 radical (unpaired) electrons. The molecule has 0 aliphatic rings. The van der Waals surface area contributed by atoms with E-state index in [1.165, 1.54) is 42.5 Å². The molecule has 31 heavy (non-hydrogen) atoms. The second-order valence-corrected chi connectivity index (χ2v) is 8.14. The number of carbonyl (C=O) groups excluding carboxylic acids is 1. The van der Waals surface area contributed by atoms with E-state index in [1.807, 2.05) is 0 Å². The molecule has 9 nitrogen and oxygen atoms in total. The van der Waals surface area contributed by atoms with Crippen molar-refractivity contribution in [2.24, 2.45) is 5.10 Å². The van der Waals surface area contributed by atoms with Gasteiger partial charge in [0.15, 0.2) is 18.2 Å². The molecular formula is C20H22FN3O6S. The lowest BCUT2D eigenvalue weighted by Gasteiger charge is -2.08. The number of carboxylic acid groups (broad SMARTS) is 1. The predicted octanol–water partition coefficient (Wildman–Crippen LogP) is 1.89. The van der Waals surface area contributed by atoms with Crippen molar-refractivity contribution in [3.8, 4) is 5.75 Å². The van der Waals surface area contributed by atoms with Gasteiger partial charge in [-0.2, -0.15) is 5.10 Å². The zero-order valence-corrected chi connectivity index (χ0v) is 17.5. The highest BCUT2D eigenvalue weighted by Gasteiger charge is 2.14. The zero-order valence-electron chi connectivity index (χ0n) is 16.7. The van der Waals surface area contributed by atoms with Gasteiger partial charge >= 0.3 is 5.97 Å². The molecule has 0 bridgehead atoms. The molecule has 166 valence electrons. The van der Waals surface area contributed by atoms with Gasteiger partial charge in [-0.15, -0.1) is 0 Å². The molecule has 11 heteroatoms. The number of aliphatic carboxylic acids is 1. The molecule has 0 unspecified atom stereocenters. The number of carbonyl (C=O) groups is 2. The Bertz CT molecular complexity index is 1050. The minimum Gasteiger partial charge on any atom is -0.481 e. The van der Waals surface area contributed by atoms with Gasteiger partial charge in [0.1, 0.15) is 0 Å². The Labute approximate surface area is 179 Å². The lowest BCUT2D eigenvalue weighted by atomic mass is 10.1. The van der Waals surface area contributed by atoms with Crippen molar-refractivity contribution in [2.45, 2.75) is 24.7 Å². The van der Waals surface area contributed by atoms with Gasteiger partial charge in [-0.1, -0.05) is 24.3 Å². The monoisotopic (exact) mass is 451 g/mol. The van der Waals surface area contributed by atoms with Crippen molar-refractivity contribution in [3.05, 3.63) is 59.9 Å². The van der Waals surface area contributed by atoms with Gasteiger partial charge in [0, 0.05) is 13.0 Å². The summed E-state index contributed by atoms with van der Waals surface area (Å²) >= 11 is 0. The minimum absolute atomic E-state index is 0.0118. The topological polar surface area (TPSA) is 134 Å². The van der Waals surface area contributed by atoms with Crippen LogP contribution in [-0.4, -0.2) is 44.3 Å². The highest BCUT2D eigenvalue weighted by molar-refractivity contribution is 7.89. The maximum absolute atomic E-state index is 13.5. The third kappa shape index (κ3) is 7.79. The van der Waals surface area contributed by atoms with Crippen LogP contribution in [0.4, 0.5) is 4.39 Å². The van der Waals surface area contributed by atoms with Crippen LogP contribution in [0.15, 0.2) is 58.5 Å². The number of sulfonamides is 1. The van der Waals surface area contributed by atoms with Crippen molar-refractivity contribution in [2.75, 3.05) is 13.2 Å². The fourth-order valence-corrected chi connectivity index (χ4v) is 3.43. The first kappa shape index (κ1) is 24.0. The SMILES string of the molecule is CC(=NNC(=O)COc1ccccc1F)c1ccc(S(=O)(=O)NCCCC(=O)O)cc1. The number of nitrogens with one attached hydrogen (secondary N) is 2. The van der Waals surface area contributed by atoms with Crippen LogP contribution >= 0.6 is 0 Å². The third-order valence-corrected chi connectivity index (χ3v) is 5.46. The second kappa shape index (κ2) is 11.2. The number of carboxylic acids is 1. The van der Waals surface area contributed by atoms with E-state index in [2.05, 4.69) is 15.2 Å². The smallest absolute Gasteiger partial charge is 0.303 e. The molecule has 0 aromatic heterocycles. The van der Waals surface area contributed by atoms with Gasteiger partial charge in [0.25, 0.3) is 5.91 Å². The molecular weight excluding hydrogens is 429 g/mol. The van der Waals surface area contributed by atoms with E-state index in [9.17, 15) is 22.4 Å². The van der Waals surface area contributed by atoms with E-state index in [-0.39, 0.29) is 30.0 Å². The number of ether oxygens (including phenoxy) is 1. The van der Waals surface area contributed by atoms with Crippen LogP contribution in [-0.2, 0) is 19.6 Å². The summed E-state index contributed by atoms with van der Waals surface area (Å²) in [5.41, 5.74) is 3.27. The largest absolute Gasteiger partial charge is 0.481 e. The van der Waals surface area contributed by atoms with Crippen LogP contribution in [0.1, 0.15) is 25.3 Å². The van der Waals surface area contributed by atoms with Crippen LogP contribution < -0.4 is 14.9 Å². The number of halogens is 1. The summed E-state index contributed by atoms with van der Waals surface area (Å²) in [4.78, 5) is 22.3.